The van der Waals surface area contributed by atoms with Crippen LogP contribution in [0.2, 0.25) is 0 Å². The van der Waals surface area contributed by atoms with Crippen molar-refractivity contribution < 1.29 is 4.92 Å². The Hall–Kier alpha value is -1.79. The summed E-state index contributed by atoms with van der Waals surface area (Å²) in [5, 5.41) is 17.5. The van der Waals surface area contributed by atoms with Crippen molar-refractivity contribution in [1.82, 2.24) is 10.3 Å². The number of nitro benzene ring substituents is 1. The second-order valence-corrected chi connectivity index (χ2v) is 5.74. The zero-order chi connectivity index (χ0) is 15.2. The molecule has 0 amide bonds. The zero-order valence-electron chi connectivity index (χ0n) is 12.2. The molecule has 2 unspecified atom stereocenters. The van der Waals surface area contributed by atoms with Crippen LogP contribution in [0.25, 0.3) is 0 Å². The van der Waals surface area contributed by atoms with E-state index >= 15 is 0 Å². The summed E-state index contributed by atoms with van der Waals surface area (Å²) in [6, 6.07) is 7.10. The first-order valence-corrected chi connectivity index (χ1v) is 7.93. The maximum Gasteiger partial charge on any atom is 0.269 e. The number of nitrogens with zero attached hydrogens (tertiary/aromatic N) is 2. The van der Waals surface area contributed by atoms with Gasteiger partial charge in [0.1, 0.15) is 5.01 Å². The van der Waals surface area contributed by atoms with Crippen LogP contribution in [-0.4, -0.2) is 9.91 Å². The highest BCUT2D eigenvalue weighted by Gasteiger charge is 2.19. The van der Waals surface area contributed by atoms with Gasteiger partial charge in [-0.2, -0.15) is 0 Å². The maximum atomic E-state index is 10.9. The first-order valence-electron chi connectivity index (χ1n) is 7.05. The smallest absolute Gasteiger partial charge is 0.269 e. The Morgan fingerprint density at radius 1 is 1.33 bits per heavy atom. The second-order valence-electron chi connectivity index (χ2n) is 4.81. The van der Waals surface area contributed by atoms with Gasteiger partial charge in [0.15, 0.2) is 0 Å². The van der Waals surface area contributed by atoms with Crippen molar-refractivity contribution in [3.05, 3.63) is 56.5 Å². The third kappa shape index (κ3) is 3.86. The predicted octanol–water partition coefficient (Wildman–Crippen LogP) is 4.24. The Kier molecular flexibility index (Phi) is 5.41. The van der Waals surface area contributed by atoms with Gasteiger partial charge in [-0.15, -0.1) is 11.3 Å². The fourth-order valence-corrected chi connectivity index (χ4v) is 3.10. The van der Waals surface area contributed by atoms with Crippen LogP contribution in [0.1, 0.15) is 49.3 Å². The normalized spacial score (nSPS) is 13.8. The predicted molar refractivity (Wildman–Crippen MR) is 84.4 cm³/mol. The van der Waals surface area contributed by atoms with Crippen molar-refractivity contribution in [3.8, 4) is 0 Å². The monoisotopic (exact) mass is 305 g/mol. The van der Waals surface area contributed by atoms with Crippen LogP contribution >= 0.6 is 11.3 Å². The lowest BCUT2D eigenvalue weighted by molar-refractivity contribution is -0.384. The molecule has 6 heteroatoms. The third-order valence-corrected chi connectivity index (χ3v) is 4.34. The van der Waals surface area contributed by atoms with Gasteiger partial charge in [-0.3, -0.25) is 10.1 Å². The van der Waals surface area contributed by atoms with Crippen LogP contribution in [0.3, 0.4) is 0 Å². The molecule has 1 N–H and O–H groups in total. The molecule has 0 aliphatic rings. The number of rotatable bonds is 7. The number of nitrogens with one attached hydrogen (secondary N) is 1. The molecule has 5 nitrogen and oxygen atoms in total. The van der Waals surface area contributed by atoms with Crippen molar-refractivity contribution in [2.24, 2.45) is 0 Å². The van der Waals surface area contributed by atoms with Gasteiger partial charge in [-0.25, -0.2) is 4.98 Å². The number of aromatic nitrogens is 1. The average Bonchev–Trinajstić information content (AvgIpc) is 3.03. The highest BCUT2D eigenvalue weighted by atomic mass is 32.1. The summed E-state index contributed by atoms with van der Waals surface area (Å²) in [7, 11) is 0. The topological polar surface area (TPSA) is 68.1 Å². The average molecular weight is 305 g/mol. The lowest BCUT2D eigenvalue weighted by atomic mass is 10.0. The molecule has 0 aliphatic heterocycles. The van der Waals surface area contributed by atoms with Crippen LogP contribution in [0.15, 0.2) is 35.8 Å². The molecule has 1 heterocycles. The van der Waals surface area contributed by atoms with E-state index in [1.54, 1.807) is 29.7 Å². The Morgan fingerprint density at radius 2 is 2.10 bits per heavy atom. The SMILES string of the molecule is CCC(NC(CC)c1nccs1)c1cccc([N+](=O)[O-])c1. The van der Waals surface area contributed by atoms with E-state index in [0.717, 1.165) is 23.4 Å². The van der Waals surface area contributed by atoms with E-state index in [9.17, 15) is 10.1 Å². The minimum atomic E-state index is -0.353. The first-order chi connectivity index (χ1) is 10.2. The first kappa shape index (κ1) is 15.6. The maximum absolute atomic E-state index is 10.9. The minimum absolute atomic E-state index is 0.0822. The standard InChI is InChI=1S/C15H19N3O2S/c1-3-13(11-6-5-7-12(10-11)18(19)20)17-14(4-2)15-16-8-9-21-15/h5-10,13-14,17H,3-4H2,1-2H3. The molecule has 2 aromatic rings. The van der Waals surface area contributed by atoms with Crippen LogP contribution in [-0.2, 0) is 0 Å². The van der Waals surface area contributed by atoms with E-state index in [2.05, 4.69) is 24.1 Å². The van der Waals surface area contributed by atoms with Gasteiger partial charge in [0.05, 0.1) is 11.0 Å². The highest BCUT2D eigenvalue weighted by Crippen LogP contribution is 2.27. The van der Waals surface area contributed by atoms with Crippen LogP contribution < -0.4 is 5.32 Å². The summed E-state index contributed by atoms with van der Waals surface area (Å²) in [4.78, 5) is 14.9. The van der Waals surface area contributed by atoms with Crippen LogP contribution in [0.5, 0.6) is 0 Å². The molecule has 0 radical (unpaired) electrons. The van der Waals surface area contributed by atoms with E-state index in [4.69, 9.17) is 0 Å². The van der Waals surface area contributed by atoms with E-state index in [1.807, 2.05) is 11.4 Å². The Balaban J connectivity index is 2.19. The molecule has 1 aromatic heterocycles. The molecule has 0 saturated carbocycles. The quantitative estimate of drug-likeness (QED) is 0.613. The molecule has 0 bridgehead atoms. The number of thiazole rings is 1. The molecule has 2 atom stereocenters. The van der Waals surface area contributed by atoms with E-state index in [1.165, 1.54) is 6.07 Å². The molecule has 0 saturated heterocycles. The third-order valence-electron chi connectivity index (χ3n) is 3.45. The molecular weight excluding hydrogens is 286 g/mol. The minimum Gasteiger partial charge on any atom is -0.301 e. The fourth-order valence-electron chi connectivity index (χ4n) is 2.32. The molecule has 112 valence electrons. The number of nitro groups is 1. The summed E-state index contributed by atoms with van der Waals surface area (Å²) in [5.74, 6) is 0. The molecule has 1 aromatic carbocycles. The number of hydrogen-bond acceptors (Lipinski definition) is 5. The van der Waals surface area contributed by atoms with Gasteiger partial charge < -0.3 is 5.32 Å². The van der Waals surface area contributed by atoms with Crippen molar-refractivity contribution >= 4 is 17.0 Å². The van der Waals surface area contributed by atoms with Crippen molar-refractivity contribution in [3.63, 3.8) is 0 Å². The van der Waals surface area contributed by atoms with Gasteiger partial charge >= 0.3 is 0 Å². The van der Waals surface area contributed by atoms with Gasteiger partial charge in [0.25, 0.3) is 5.69 Å². The van der Waals surface area contributed by atoms with Crippen molar-refractivity contribution in [2.45, 2.75) is 38.8 Å². The van der Waals surface area contributed by atoms with Crippen molar-refractivity contribution in [2.75, 3.05) is 0 Å². The van der Waals surface area contributed by atoms with E-state index < -0.39 is 0 Å². The van der Waals surface area contributed by atoms with Crippen LogP contribution in [0.4, 0.5) is 5.69 Å². The largest absolute Gasteiger partial charge is 0.301 e. The van der Waals surface area contributed by atoms with Gasteiger partial charge in [0, 0.05) is 29.8 Å². The molecule has 21 heavy (non-hydrogen) atoms. The van der Waals surface area contributed by atoms with E-state index in [0.29, 0.717) is 0 Å². The second kappa shape index (κ2) is 7.28. The van der Waals surface area contributed by atoms with E-state index in [-0.39, 0.29) is 22.7 Å². The van der Waals surface area contributed by atoms with Gasteiger partial charge in [-0.1, -0.05) is 26.0 Å². The summed E-state index contributed by atoms with van der Waals surface area (Å²) in [6.07, 6.45) is 3.60. The summed E-state index contributed by atoms with van der Waals surface area (Å²) in [5.41, 5.74) is 1.08. The number of hydrogen-bond donors (Lipinski definition) is 1. The van der Waals surface area contributed by atoms with Gasteiger partial charge in [-0.05, 0) is 18.4 Å². The van der Waals surface area contributed by atoms with Crippen molar-refractivity contribution in [1.29, 1.82) is 0 Å². The Morgan fingerprint density at radius 3 is 2.67 bits per heavy atom. The number of benzene rings is 1. The van der Waals surface area contributed by atoms with Gasteiger partial charge in [0.2, 0.25) is 0 Å². The lowest BCUT2D eigenvalue weighted by Crippen LogP contribution is -2.25. The molecule has 0 aliphatic carbocycles. The number of non-ortho nitro benzene ring substituents is 1. The lowest BCUT2D eigenvalue weighted by Gasteiger charge is -2.23. The fraction of sp³-hybridized carbons (Fsp3) is 0.400. The zero-order valence-corrected chi connectivity index (χ0v) is 13.0. The summed E-state index contributed by atoms with van der Waals surface area (Å²) >= 11 is 1.63. The van der Waals surface area contributed by atoms with Crippen LogP contribution in [0, 0.1) is 10.1 Å². The molecule has 0 spiro atoms. The summed E-state index contributed by atoms with van der Waals surface area (Å²) < 4.78 is 0. The molecule has 2 rings (SSSR count). The summed E-state index contributed by atoms with van der Waals surface area (Å²) in [6.45, 7) is 4.18. The Labute approximate surface area is 128 Å². The molecular formula is C15H19N3O2S. The molecule has 0 fully saturated rings. The highest BCUT2D eigenvalue weighted by molar-refractivity contribution is 7.09. The Bertz CT molecular complexity index is 586.